The van der Waals surface area contributed by atoms with E-state index < -0.39 is 0 Å². The molecule has 0 atom stereocenters. The molecule has 0 fully saturated rings. The van der Waals surface area contributed by atoms with Crippen LogP contribution in [0.2, 0.25) is 5.02 Å². The summed E-state index contributed by atoms with van der Waals surface area (Å²) in [5.74, 6) is 0.847. The molecule has 1 aromatic rings. The van der Waals surface area contributed by atoms with E-state index in [1.807, 2.05) is 6.07 Å². The summed E-state index contributed by atoms with van der Waals surface area (Å²) in [4.78, 5) is 0. The van der Waals surface area contributed by atoms with Crippen LogP contribution in [0.4, 0.5) is 0 Å². The summed E-state index contributed by atoms with van der Waals surface area (Å²) in [6.45, 7) is 8.96. The zero-order valence-electron chi connectivity index (χ0n) is 10.5. The highest BCUT2D eigenvalue weighted by molar-refractivity contribution is 6.32. The Hall–Kier alpha value is -0.440. The molecule has 0 saturated carbocycles. The van der Waals surface area contributed by atoms with Gasteiger partial charge < -0.3 is 10.1 Å². The molecular formula is C13H19Cl2NO. The number of rotatable bonds is 0. The highest BCUT2D eigenvalue weighted by atomic mass is 35.5. The molecular weight excluding hydrogens is 257 g/mol. The Morgan fingerprint density at radius 3 is 2.65 bits per heavy atom. The molecule has 0 spiro atoms. The van der Waals surface area contributed by atoms with E-state index in [1.54, 1.807) is 0 Å². The van der Waals surface area contributed by atoms with Crippen molar-refractivity contribution in [3.63, 3.8) is 0 Å². The molecule has 0 aliphatic carbocycles. The molecule has 1 heterocycles. The Balaban J connectivity index is 0.00000144. The molecule has 96 valence electrons. The first-order valence-corrected chi connectivity index (χ1v) is 6.03. The largest absolute Gasteiger partial charge is 0.490 e. The molecule has 1 aliphatic rings. The van der Waals surface area contributed by atoms with Gasteiger partial charge in [0.1, 0.15) is 12.4 Å². The van der Waals surface area contributed by atoms with Crippen molar-refractivity contribution < 1.29 is 4.74 Å². The fraction of sp³-hybridized carbons (Fsp3) is 0.538. The van der Waals surface area contributed by atoms with E-state index in [0.717, 1.165) is 29.4 Å². The van der Waals surface area contributed by atoms with Gasteiger partial charge >= 0.3 is 0 Å². The van der Waals surface area contributed by atoms with Crippen LogP contribution in [0.1, 0.15) is 31.9 Å². The average molecular weight is 276 g/mol. The van der Waals surface area contributed by atoms with Gasteiger partial charge in [0.25, 0.3) is 0 Å². The Morgan fingerprint density at radius 2 is 2.00 bits per heavy atom. The summed E-state index contributed by atoms with van der Waals surface area (Å²) in [6.07, 6.45) is 0. The molecule has 0 unspecified atom stereocenters. The predicted molar refractivity (Wildman–Crippen MR) is 74.6 cm³/mol. The lowest BCUT2D eigenvalue weighted by molar-refractivity contribution is 0.326. The summed E-state index contributed by atoms with van der Waals surface area (Å²) < 4.78 is 5.65. The van der Waals surface area contributed by atoms with E-state index in [9.17, 15) is 0 Å². The number of benzene rings is 1. The predicted octanol–water partition coefficient (Wildman–Crippen LogP) is 3.54. The minimum Gasteiger partial charge on any atom is -0.490 e. The second kappa shape index (κ2) is 5.47. The standard InChI is InChI=1S/C13H18ClNO.ClH/c1-13(2,3)10-6-9-8-15-4-5-16-12(9)11(14)7-10;/h6-7,15H,4-5,8H2,1-3H3;1H. The highest BCUT2D eigenvalue weighted by Gasteiger charge is 2.19. The number of hydrogen-bond donors (Lipinski definition) is 1. The van der Waals surface area contributed by atoms with Crippen LogP contribution in [-0.2, 0) is 12.0 Å². The Morgan fingerprint density at radius 1 is 1.29 bits per heavy atom. The lowest BCUT2D eigenvalue weighted by atomic mass is 9.86. The molecule has 1 N–H and O–H groups in total. The Labute approximate surface area is 114 Å². The van der Waals surface area contributed by atoms with Crippen molar-refractivity contribution in [2.75, 3.05) is 13.2 Å². The van der Waals surface area contributed by atoms with Crippen LogP contribution in [0, 0.1) is 0 Å². The number of ether oxygens (including phenoxy) is 1. The van der Waals surface area contributed by atoms with Crippen LogP contribution in [0.3, 0.4) is 0 Å². The van der Waals surface area contributed by atoms with Crippen molar-refractivity contribution in [1.29, 1.82) is 0 Å². The van der Waals surface area contributed by atoms with Gasteiger partial charge in [0, 0.05) is 18.7 Å². The van der Waals surface area contributed by atoms with Crippen LogP contribution in [0.25, 0.3) is 0 Å². The Kier molecular flexibility index (Phi) is 4.70. The van der Waals surface area contributed by atoms with Crippen LogP contribution < -0.4 is 10.1 Å². The fourth-order valence-electron chi connectivity index (χ4n) is 1.82. The highest BCUT2D eigenvalue weighted by Crippen LogP contribution is 2.35. The first-order chi connectivity index (χ1) is 7.48. The average Bonchev–Trinajstić information content (AvgIpc) is 2.41. The van der Waals surface area contributed by atoms with Gasteiger partial charge in [-0.1, -0.05) is 38.4 Å². The van der Waals surface area contributed by atoms with Gasteiger partial charge in [-0.2, -0.15) is 0 Å². The van der Waals surface area contributed by atoms with Crippen molar-refractivity contribution in [2.24, 2.45) is 0 Å². The third-order valence-corrected chi connectivity index (χ3v) is 3.11. The lowest BCUT2D eigenvalue weighted by Gasteiger charge is -2.21. The van der Waals surface area contributed by atoms with E-state index >= 15 is 0 Å². The fourth-order valence-corrected chi connectivity index (χ4v) is 2.12. The molecule has 0 saturated heterocycles. The van der Waals surface area contributed by atoms with E-state index in [1.165, 1.54) is 5.56 Å². The van der Waals surface area contributed by atoms with E-state index in [0.29, 0.717) is 6.61 Å². The van der Waals surface area contributed by atoms with Gasteiger partial charge in [0.15, 0.2) is 0 Å². The monoisotopic (exact) mass is 275 g/mol. The maximum atomic E-state index is 6.27. The number of fused-ring (bicyclic) bond motifs is 1. The molecule has 0 radical (unpaired) electrons. The van der Waals surface area contributed by atoms with Crippen LogP contribution in [0.15, 0.2) is 12.1 Å². The smallest absolute Gasteiger partial charge is 0.142 e. The number of hydrogen-bond acceptors (Lipinski definition) is 2. The summed E-state index contributed by atoms with van der Waals surface area (Å²) >= 11 is 6.27. The Bertz CT molecular complexity index is 399. The molecule has 17 heavy (non-hydrogen) atoms. The third-order valence-electron chi connectivity index (χ3n) is 2.83. The second-order valence-electron chi connectivity index (χ2n) is 5.22. The number of nitrogens with one attached hydrogen (secondary N) is 1. The summed E-state index contributed by atoms with van der Waals surface area (Å²) in [5, 5.41) is 4.05. The summed E-state index contributed by atoms with van der Waals surface area (Å²) in [7, 11) is 0. The minimum absolute atomic E-state index is 0. The van der Waals surface area contributed by atoms with Gasteiger partial charge in [-0.15, -0.1) is 12.4 Å². The summed E-state index contributed by atoms with van der Waals surface area (Å²) in [5.41, 5.74) is 2.53. The van der Waals surface area contributed by atoms with Crippen molar-refractivity contribution in [2.45, 2.75) is 32.7 Å². The first-order valence-electron chi connectivity index (χ1n) is 5.65. The molecule has 2 nitrogen and oxygen atoms in total. The molecule has 0 aromatic heterocycles. The maximum Gasteiger partial charge on any atom is 0.142 e. The molecule has 1 aromatic carbocycles. The van der Waals surface area contributed by atoms with Gasteiger partial charge in [0.05, 0.1) is 5.02 Å². The molecule has 4 heteroatoms. The SMILES string of the molecule is CC(C)(C)c1cc(Cl)c2c(c1)CNCCO2.Cl. The van der Waals surface area contributed by atoms with Crippen molar-refractivity contribution in [3.8, 4) is 5.75 Å². The molecule has 2 rings (SSSR count). The zero-order chi connectivity index (χ0) is 11.8. The molecule has 1 aliphatic heterocycles. The van der Waals surface area contributed by atoms with E-state index in [-0.39, 0.29) is 17.8 Å². The van der Waals surface area contributed by atoms with Crippen LogP contribution in [0.5, 0.6) is 5.75 Å². The molecule has 0 amide bonds. The lowest BCUT2D eigenvalue weighted by Crippen LogP contribution is -2.16. The van der Waals surface area contributed by atoms with Gasteiger partial charge in [-0.3, -0.25) is 0 Å². The van der Waals surface area contributed by atoms with Gasteiger partial charge in [-0.05, 0) is 17.0 Å². The first kappa shape index (κ1) is 14.6. The van der Waals surface area contributed by atoms with Crippen LogP contribution in [-0.4, -0.2) is 13.2 Å². The van der Waals surface area contributed by atoms with Crippen molar-refractivity contribution in [3.05, 3.63) is 28.3 Å². The quantitative estimate of drug-likeness (QED) is 0.782. The summed E-state index contributed by atoms with van der Waals surface area (Å²) in [6, 6.07) is 4.21. The molecule has 0 bridgehead atoms. The van der Waals surface area contributed by atoms with Crippen molar-refractivity contribution >= 4 is 24.0 Å². The van der Waals surface area contributed by atoms with E-state index in [4.69, 9.17) is 16.3 Å². The van der Waals surface area contributed by atoms with Crippen LogP contribution >= 0.6 is 24.0 Å². The third kappa shape index (κ3) is 3.27. The minimum atomic E-state index is 0. The van der Waals surface area contributed by atoms with E-state index in [2.05, 4.69) is 32.2 Å². The van der Waals surface area contributed by atoms with Crippen molar-refractivity contribution in [1.82, 2.24) is 5.32 Å². The zero-order valence-corrected chi connectivity index (χ0v) is 12.0. The van der Waals surface area contributed by atoms with Gasteiger partial charge in [-0.25, -0.2) is 0 Å². The number of halogens is 2. The second-order valence-corrected chi connectivity index (χ2v) is 5.63. The maximum absolute atomic E-state index is 6.27. The van der Waals surface area contributed by atoms with Gasteiger partial charge in [0.2, 0.25) is 0 Å². The topological polar surface area (TPSA) is 21.3 Å². The normalized spacial score (nSPS) is 15.3.